The lowest BCUT2D eigenvalue weighted by Gasteiger charge is -2.27. The molecule has 1 aromatic carbocycles. The normalized spacial score (nSPS) is 22.3. The van der Waals surface area contributed by atoms with Crippen LogP contribution in [0.15, 0.2) is 42.6 Å². The van der Waals surface area contributed by atoms with Gasteiger partial charge >= 0.3 is 0 Å². The van der Waals surface area contributed by atoms with Crippen molar-refractivity contribution in [1.29, 1.82) is 0 Å². The smallest absolute Gasteiger partial charge is 0.253 e. The van der Waals surface area contributed by atoms with E-state index in [0.29, 0.717) is 17.1 Å². The molecule has 1 saturated heterocycles. The van der Waals surface area contributed by atoms with Gasteiger partial charge in [-0.2, -0.15) is 0 Å². The van der Waals surface area contributed by atoms with Crippen LogP contribution in [0.2, 0.25) is 0 Å². The number of aromatic nitrogens is 1. The molecule has 4 rings (SSSR count). The highest BCUT2D eigenvalue weighted by Crippen LogP contribution is 2.31. The van der Waals surface area contributed by atoms with Gasteiger partial charge in [0, 0.05) is 19.8 Å². The Morgan fingerprint density at radius 2 is 2.04 bits per heavy atom. The number of anilines is 2. The Hall–Kier alpha value is -2.93. The third kappa shape index (κ3) is 3.38. The van der Waals surface area contributed by atoms with Crippen molar-refractivity contribution in [2.75, 3.05) is 37.4 Å². The summed E-state index contributed by atoms with van der Waals surface area (Å²) in [6, 6.07) is 12.1. The maximum atomic E-state index is 12.8. The van der Waals surface area contributed by atoms with Crippen LogP contribution in [0.3, 0.4) is 0 Å². The number of fused-ring (bicyclic) bond motifs is 1. The molecule has 0 unspecified atom stereocenters. The quantitative estimate of drug-likeness (QED) is 0.865. The second kappa shape index (κ2) is 7.00. The number of hydrogen-bond donors (Lipinski definition) is 2. The first-order valence-corrected chi connectivity index (χ1v) is 9.10. The van der Waals surface area contributed by atoms with Crippen molar-refractivity contribution in [3.63, 3.8) is 0 Å². The number of carbonyl (C=O) groups is 2. The second-order valence-electron chi connectivity index (χ2n) is 7.20. The Morgan fingerprint density at radius 1 is 1.26 bits per heavy atom. The Bertz CT molecular complexity index is 870. The minimum absolute atomic E-state index is 0.0261. The monoisotopic (exact) mass is 365 g/mol. The number of hydrogen-bond acceptors (Lipinski definition) is 5. The van der Waals surface area contributed by atoms with Crippen LogP contribution in [0, 0.1) is 0 Å². The van der Waals surface area contributed by atoms with Crippen molar-refractivity contribution in [3.8, 4) is 0 Å². The summed E-state index contributed by atoms with van der Waals surface area (Å²) < 4.78 is 0. The predicted octanol–water partition coefficient (Wildman–Crippen LogP) is 1.65. The van der Waals surface area contributed by atoms with E-state index in [0.717, 1.165) is 13.0 Å². The zero-order valence-electron chi connectivity index (χ0n) is 15.5. The summed E-state index contributed by atoms with van der Waals surface area (Å²) in [5.41, 5.74) is 2.22. The largest absolute Gasteiger partial charge is 0.349 e. The predicted molar refractivity (Wildman–Crippen MR) is 104 cm³/mol. The molecule has 2 N–H and O–H groups in total. The van der Waals surface area contributed by atoms with E-state index >= 15 is 0 Å². The Morgan fingerprint density at radius 3 is 2.81 bits per heavy atom. The van der Waals surface area contributed by atoms with Gasteiger partial charge in [0.15, 0.2) is 5.82 Å². The lowest BCUT2D eigenvalue weighted by Crippen LogP contribution is -2.39. The van der Waals surface area contributed by atoms with Gasteiger partial charge in [-0.3, -0.25) is 14.5 Å². The lowest BCUT2D eigenvalue weighted by atomic mass is 10.00. The highest BCUT2D eigenvalue weighted by atomic mass is 16.2. The first-order valence-electron chi connectivity index (χ1n) is 9.10. The summed E-state index contributed by atoms with van der Waals surface area (Å²) in [7, 11) is 3.89. The van der Waals surface area contributed by atoms with Crippen molar-refractivity contribution in [2.24, 2.45) is 0 Å². The SMILES string of the molecule is CN1CC(=O)Nc2cc(C(=O)N[C@@H]3CCN(C)[C@H]3c3ccccc3)cnc21. The fourth-order valence-corrected chi connectivity index (χ4v) is 3.94. The van der Waals surface area contributed by atoms with Gasteiger partial charge in [-0.1, -0.05) is 30.3 Å². The molecular weight excluding hydrogens is 342 g/mol. The minimum Gasteiger partial charge on any atom is -0.349 e. The zero-order valence-corrected chi connectivity index (χ0v) is 15.5. The van der Waals surface area contributed by atoms with E-state index in [4.69, 9.17) is 0 Å². The second-order valence-corrected chi connectivity index (χ2v) is 7.20. The summed E-state index contributed by atoms with van der Waals surface area (Å²) >= 11 is 0. The highest BCUT2D eigenvalue weighted by molar-refractivity contribution is 6.02. The molecule has 2 amide bonds. The van der Waals surface area contributed by atoms with E-state index in [1.165, 1.54) is 5.56 Å². The van der Waals surface area contributed by atoms with Crippen molar-refractivity contribution in [1.82, 2.24) is 15.2 Å². The number of nitrogens with one attached hydrogen (secondary N) is 2. The van der Waals surface area contributed by atoms with Crippen LogP contribution in [0.1, 0.15) is 28.4 Å². The molecule has 1 aromatic heterocycles. The van der Waals surface area contributed by atoms with Gasteiger partial charge in [0.25, 0.3) is 5.91 Å². The van der Waals surface area contributed by atoms with Crippen LogP contribution < -0.4 is 15.5 Å². The molecule has 2 aliphatic rings. The van der Waals surface area contributed by atoms with Gasteiger partial charge < -0.3 is 15.5 Å². The average Bonchev–Trinajstić information content (AvgIpc) is 3.02. The first kappa shape index (κ1) is 17.5. The van der Waals surface area contributed by atoms with E-state index < -0.39 is 0 Å². The van der Waals surface area contributed by atoms with E-state index in [2.05, 4.69) is 39.7 Å². The molecular formula is C20H23N5O2. The fraction of sp³-hybridized carbons (Fsp3) is 0.350. The first-order chi connectivity index (χ1) is 13.0. The third-order valence-electron chi connectivity index (χ3n) is 5.25. The molecule has 1 fully saturated rings. The number of carbonyl (C=O) groups excluding carboxylic acids is 2. The standard InChI is InChI=1S/C20H23N5O2/c1-24-9-8-15(18(24)13-6-4-3-5-7-13)23-20(27)14-10-16-19(21-11-14)25(2)12-17(26)22-16/h3-7,10-11,15,18H,8-9,12H2,1-2H3,(H,22,26)(H,23,27)/t15-,18+/m1/s1. The van der Waals surface area contributed by atoms with Crippen LogP contribution in [0.25, 0.3) is 0 Å². The van der Waals surface area contributed by atoms with Crippen molar-refractivity contribution in [3.05, 3.63) is 53.7 Å². The fourth-order valence-electron chi connectivity index (χ4n) is 3.94. The van der Waals surface area contributed by atoms with E-state index in [1.807, 2.05) is 25.2 Å². The zero-order chi connectivity index (χ0) is 19.0. The Kier molecular flexibility index (Phi) is 4.53. The van der Waals surface area contributed by atoms with Crippen LogP contribution in [0.5, 0.6) is 0 Å². The van der Waals surface area contributed by atoms with Gasteiger partial charge in [0.05, 0.1) is 29.9 Å². The molecule has 140 valence electrons. The van der Waals surface area contributed by atoms with Crippen molar-refractivity contribution < 1.29 is 9.59 Å². The summed E-state index contributed by atoms with van der Waals surface area (Å²) in [6.07, 6.45) is 2.46. The highest BCUT2D eigenvalue weighted by Gasteiger charge is 2.34. The van der Waals surface area contributed by atoms with E-state index in [9.17, 15) is 9.59 Å². The summed E-state index contributed by atoms with van der Waals surface area (Å²) in [4.78, 5) is 33.0. The molecule has 2 aliphatic heterocycles. The maximum Gasteiger partial charge on any atom is 0.253 e. The van der Waals surface area contributed by atoms with Crippen LogP contribution in [-0.2, 0) is 4.79 Å². The number of amides is 2. The molecule has 7 heteroatoms. The van der Waals surface area contributed by atoms with Crippen LogP contribution >= 0.6 is 0 Å². The molecule has 0 radical (unpaired) electrons. The molecule has 27 heavy (non-hydrogen) atoms. The van der Waals surface area contributed by atoms with Gasteiger partial charge in [0.2, 0.25) is 5.91 Å². The number of benzene rings is 1. The molecule has 2 atom stereocenters. The van der Waals surface area contributed by atoms with E-state index in [1.54, 1.807) is 17.2 Å². The molecule has 2 aromatic rings. The molecule has 0 aliphatic carbocycles. The third-order valence-corrected chi connectivity index (χ3v) is 5.25. The number of pyridine rings is 1. The minimum atomic E-state index is -0.172. The molecule has 0 saturated carbocycles. The average molecular weight is 365 g/mol. The number of rotatable bonds is 3. The number of nitrogens with zero attached hydrogens (tertiary/aromatic N) is 3. The van der Waals surface area contributed by atoms with Crippen molar-refractivity contribution in [2.45, 2.75) is 18.5 Å². The molecule has 0 bridgehead atoms. The summed E-state index contributed by atoms with van der Waals surface area (Å²) in [5.74, 6) is 0.397. The van der Waals surface area contributed by atoms with Crippen molar-refractivity contribution >= 4 is 23.3 Å². The Labute approximate surface area is 158 Å². The van der Waals surface area contributed by atoms with Gasteiger partial charge in [-0.25, -0.2) is 4.98 Å². The van der Waals surface area contributed by atoms with Crippen LogP contribution in [-0.4, -0.2) is 54.9 Å². The molecule has 7 nitrogen and oxygen atoms in total. The number of likely N-dealkylation sites (N-methyl/N-ethyl adjacent to an activating group) is 2. The maximum absolute atomic E-state index is 12.8. The lowest BCUT2D eigenvalue weighted by molar-refractivity contribution is -0.115. The van der Waals surface area contributed by atoms with Gasteiger partial charge in [-0.05, 0) is 25.1 Å². The van der Waals surface area contributed by atoms with Crippen LogP contribution in [0.4, 0.5) is 11.5 Å². The van der Waals surface area contributed by atoms with Gasteiger partial charge in [0.1, 0.15) is 0 Å². The Balaban J connectivity index is 1.54. The van der Waals surface area contributed by atoms with E-state index in [-0.39, 0.29) is 30.4 Å². The summed E-state index contributed by atoms with van der Waals surface area (Å²) in [6.45, 7) is 1.19. The number of likely N-dealkylation sites (tertiary alicyclic amines) is 1. The summed E-state index contributed by atoms with van der Waals surface area (Å²) in [5, 5.41) is 5.95. The molecule has 3 heterocycles. The topological polar surface area (TPSA) is 77.6 Å². The molecule has 0 spiro atoms. The van der Waals surface area contributed by atoms with Gasteiger partial charge in [-0.15, -0.1) is 0 Å².